The Bertz CT molecular complexity index is 1170. The van der Waals surface area contributed by atoms with Crippen LogP contribution < -0.4 is 10.9 Å². The van der Waals surface area contributed by atoms with E-state index >= 15 is 0 Å². The molecule has 0 saturated carbocycles. The first-order valence-electron chi connectivity index (χ1n) is 8.68. The van der Waals surface area contributed by atoms with Crippen LogP contribution in [0.5, 0.6) is 0 Å². The molecule has 2 aromatic carbocycles. The molecule has 2 N–H and O–H groups in total. The SMILES string of the molecule is O=C(Nc1cccc(-c2ccc(=O)[nH]n2)c1)c1cc(-c2ccccc2)ccn1. The van der Waals surface area contributed by atoms with Crippen molar-refractivity contribution in [1.29, 1.82) is 0 Å². The van der Waals surface area contributed by atoms with Gasteiger partial charge in [-0.25, -0.2) is 5.10 Å². The van der Waals surface area contributed by atoms with Gasteiger partial charge in [-0.3, -0.25) is 14.6 Å². The molecule has 4 rings (SSSR count). The summed E-state index contributed by atoms with van der Waals surface area (Å²) in [4.78, 5) is 28.0. The highest BCUT2D eigenvalue weighted by atomic mass is 16.2. The summed E-state index contributed by atoms with van der Waals surface area (Å²) in [5.41, 5.74) is 4.01. The average molecular weight is 368 g/mol. The molecular formula is C22H16N4O2. The van der Waals surface area contributed by atoms with Crippen molar-refractivity contribution in [2.75, 3.05) is 5.32 Å². The van der Waals surface area contributed by atoms with E-state index in [1.54, 1.807) is 30.5 Å². The maximum atomic E-state index is 12.7. The van der Waals surface area contributed by atoms with Crippen LogP contribution in [0.25, 0.3) is 22.4 Å². The smallest absolute Gasteiger partial charge is 0.274 e. The van der Waals surface area contributed by atoms with Crippen LogP contribution in [0.1, 0.15) is 10.5 Å². The van der Waals surface area contributed by atoms with Crippen LogP contribution in [0, 0.1) is 0 Å². The van der Waals surface area contributed by atoms with Crippen molar-refractivity contribution >= 4 is 11.6 Å². The Kier molecular flexibility index (Phi) is 4.76. The van der Waals surface area contributed by atoms with Crippen molar-refractivity contribution in [2.45, 2.75) is 0 Å². The molecule has 0 spiro atoms. The summed E-state index contributed by atoms with van der Waals surface area (Å²) in [6.07, 6.45) is 1.62. The van der Waals surface area contributed by atoms with Crippen LogP contribution in [0.2, 0.25) is 0 Å². The summed E-state index contributed by atoms with van der Waals surface area (Å²) in [5.74, 6) is -0.302. The number of nitrogens with one attached hydrogen (secondary N) is 2. The first-order valence-corrected chi connectivity index (χ1v) is 8.68. The van der Waals surface area contributed by atoms with Gasteiger partial charge in [0.15, 0.2) is 0 Å². The Morgan fingerprint density at radius 1 is 0.821 bits per heavy atom. The number of anilines is 1. The van der Waals surface area contributed by atoms with Crippen LogP contribution in [0.3, 0.4) is 0 Å². The number of aromatic nitrogens is 3. The molecule has 2 aromatic heterocycles. The van der Waals surface area contributed by atoms with E-state index in [9.17, 15) is 9.59 Å². The van der Waals surface area contributed by atoms with Gasteiger partial charge in [0.2, 0.25) is 0 Å². The van der Waals surface area contributed by atoms with E-state index in [-0.39, 0.29) is 11.5 Å². The summed E-state index contributed by atoms with van der Waals surface area (Å²) in [5, 5.41) is 9.27. The lowest BCUT2D eigenvalue weighted by Gasteiger charge is -2.08. The highest BCUT2D eigenvalue weighted by Crippen LogP contribution is 2.22. The first-order chi connectivity index (χ1) is 13.7. The summed E-state index contributed by atoms with van der Waals surface area (Å²) in [7, 11) is 0. The molecule has 0 aliphatic rings. The van der Waals surface area contributed by atoms with E-state index < -0.39 is 0 Å². The molecule has 4 aromatic rings. The molecule has 28 heavy (non-hydrogen) atoms. The highest BCUT2D eigenvalue weighted by Gasteiger charge is 2.10. The van der Waals surface area contributed by atoms with Crippen molar-refractivity contribution in [2.24, 2.45) is 0 Å². The minimum Gasteiger partial charge on any atom is -0.321 e. The molecule has 0 fully saturated rings. The van der Waals surface area contributed by atoms with Gasteiger partial charge in [-0.1, -0.05) is 42.5 Å². The molecule has 0 unspecified atom stereocenters. The van der Waals surface area contributed by atoms with E-state index in [0.717, 1.165) is 16.7 Å². The van der Waals surface area contributed by atoms with Crippen LogP contribution in [-0.2, 0) is 0 Å². The molecular weight excluding hydrogens is 352 g/mol. The van der Waals surface area contributed by atoms with Gasteiger partial charge in [0.25, 0.3) is 11.5 Å². The Morgan fingerprint density at radius 3 is 2.43 bits per heavy atom. The monoisotopic (exact) mass is 368 g/mol. The fraction of sp³-hybridized carbons (Fsp3) is 0. The van der Waals surface area contributed by atoms with Crippen LogP contribution in [-0.4, -0.2) is 21.1 Å². The lowest BCUT2D eigenvalue weighted by Crippen LogP contribution is -2.13. The third-order valence-corrected chi connectivity index (χ3v) is 4.20. The third-order valence-electron chi connectivity index (χ3n) is 4.20. The Labute approximate surface area is 160 Å². The number of carbonyl (C=O) groups excluding carboxylic acids is 1. The molecule has 0 aliphatic heterocycles. The predicted molar refractivity (Wildman–Crippen MR) is 108 cm³/mol. The number of pyridine rings is 1. The zero-order chi connectivity index (χ0) is 19.3. The lowest BCUT2D eigenvalue weighted by atomic mass is 10.1. The maximum absolute atomic E-state index is 12.7. The molecule has 136 valence electrons. The van der Waals surface area contributed by atoms with Gasteiger partial charge in [-0.15, -0.1) is 0 Å². The molecule has 6 nitrogen and oxygen atoms in total. The largest absolute Gasteiger partial charge is 0.321 e. The molecule has 0 saturated heterocycles. The van der Waals surface area contributed by atoms with Crippen LogP contribution in [0.15, 0.2) is 89.9 Å². The molecule has 0 atom stereocenters. The van der Waals surface area contributed by atoms with E-state index in [1.165, 1.54) is 6.07 Å². The second-order valence-electron chi connectivity index (χ2n) is 6.14. The van der Waals surface area contributed by atoms with Crippen LogP contribution >= 0.6 is 0 Å². The third kappa shape index (κ3) is 3.86. The van der Waals surface area contributed by atoms with Crippen molar-refractivity contribution in [3.8, 4) is 22.4 Å². The number of carbonyl (C=O) groups is 1. The molecule has 0 radical (unpaired) electrons. The zero-order valence-corrected chi connectivity index (χ0v) is 14.8. The number of hydrogen-bond donors (Lipinski definition) is 2. The molecule has 0 aliphatic carbocycles. The second-order valence-corrected chi connectivity index (χ2v) is 6.14. The molecule has 0 bridgehead atoms. The maximum Gasteiger partial charge on any atom is 0.274 e. The average Bonchev–Trinajstić information content (AvgIpc) is 2.75. The van der Waals surface area contributed by atoms with Crippen molar-refractivity contribution in [3.63, 3.8) is 0 Å². The van der Waals surface area contributed by atoms with E-state index in [4.69, 9.17) is 0 Å². The van der Waals surface area contributed by atoms with Crippen molar-refractivity contribution in [1.82, 2.24) is 15.2 Å². The normalized spacial score (nSPS) is 10.4. The summed E-state index contributed by atoms with van der Waals surface area (Å²) in [6.45, 7) is 0. The number of amides is 1. The number of H-pyrrole nitrogens is 1. The van der Waals surface area contributed by atoms with Gasteiger partial charge >= 0.3 is 0 Å². The fourth-order valence-corrected chi connectivity index (χ4v) is 2.82. The Hall–Kier alpha value is -4.06. The van der Waals surface area contributed by atoms with Crippen molar-refractivity contribution in [3.05, 3.63) is 101 Å². The van der Waals surface area contributed by atoms with Gasteiger partial charge in [0, 0.05) is 23.5 Å². The van der Waals surface area contributed by atoms with Gasteiger partial charge in [0.05, 0.1) is 5.69 Å². The highest BCUT2D eigenvalue weighted by molar-refractivity contribution is 6.03. The minimum atomic E-state index is -0.302. The first kappa shape index (κ1) is 17.4. The topological polar surface area (TPSA) is 87.7 Å². The van der Waals surface area contributed by atoms with Crippen molar-refractivity contribution < 1.29 is 4.79 Å². The van der Waals surface area contributed by atoms with Crippen LogP contribution in [0.4, 0.5) is 5.69 Å². The minimum absolute atomic E-state index is 0.266. The molecule has 1 amide bonds. The number of aromatic amines is 1. The quantitative estimate of drug-likeness (QED) is 0.574. The van der Waals surface area contributed by atoms with E-state index in [2.05, 4.69) is 20.5 Å². The lowest BCUT2D eigenvalue weighted by molar-refractivity contribution is 0.102. The summed E-state index contributed by atoms with van der Waals surface area (Å²) < 4.78 is 0. The summed E-state index contributed by atoms with van der Waals surface area (Å²) in [6, 6.07) is 23.7. The predicted octanol–water partition coefficient (Wildman–Crippen LogP) is 3.75. The summed E-state index contributed by atoms with van der Waals surface area (Å²) >= 11 is 0. The Morgan fingerprint density at radius 2 is 1.64 bits per heavy atom. The number of rotatable bonds is 4. The molecule has 2 heterocycles. The van der Waals surface area contributed by atoms with Gasteiger partial charge in [0.1, 0.15) is 5.69 Å². The van der Waals surface area contributed by atoms with E-state index in [1.807, 2.05) is 48.5 Å². The molecule has 6 heteroatoms. The standard InChI is InChI=1S/C22H16N4O2/c27-21-10-9-19(25-26-21)17-7-4-8-18(13-17)24-22(28)20-14-16(11-12-23-20)15-5-2-1-3-6-15/h1-14H,(H,24,28)(H,26,27). The number of benzene rings is 2. The Balaban J connectivity index is 1.57. The number of hydrogen-bond acceptors (Lipinski definition) is 4. The van der Waals surface area contributed by atoms with Gasteiger partial charge in [-0.2, -0.15) is 5.10 Å². The zero-order valence-electron chi connectivity index (χ0n) is 14.8. The van der Waals surface area contributed by atoms with Gasteiger partial charge in [-0.05, 0) is 41.5 Å². The van der Waals surface area contributed by atoms with Gasteiger partial charge < -0.3 is 5.32 Å². The second kappa shape index (κ2) is 7.67. The van der Waals surface area contributed by atoms with E-state index in [0.29, 0.717) is 17.1 Å². The fourth-order valence-electron chi connectivity index (χ4n) is 2.82. The number of nitrogens with zero attached hydrogens (tertiary/aromatic N) is 2.